The van der Waals surface area contributed by atoms with Gasteiger partial charge in [0.25, 0.3) is 0 Å². The number of carbonyl (C=O) groups is 1. The van der Waals surface area contributed by atoms with Gasteiger partial charge in [0.15, 0.2) is 0 Å². The van der Waals surface area contributed by atoms with E-state index in [1.54, 1.807) is 32.0 Å². The van der Waals surface area contributed by atoms with Crippen LogP contribution in [0.1, 0.15) is 78.0 Å². The van der Waals surface area contributed by atoms with Crippen molar-refractivity contribution in [3.05, 3.63) is 29.3 Å². The summed E-state index contributed by atoms with van der Waals surface area (Å²) in [4.78, 5) is 33.1. The molecule has 2 aliphatic heterocycles. The van der Waals surface area contributed by atoms with E-state index in [0.717, 1.165) is 12.0 Å². The number of fused-ring (bicyclic) bond motifs is 1. The quantitative estimate of drug-likeness (QED) is 0.517. The average molecular weight is 495 g/mol. The fourth-order valence-corrected chi connectivity index (χ4v) is 6.13. The summed E-state index contributed by atoms with van der Waals surface area (Å²) in [5, 5.41) is 9.48. The number of phosphoric ester groups is 1. The van der Waals surface area contributed by atoms with Gasteiger partial charge in [-0.25, -0.2) is 4.57 Å². The minimum absolute atomic E-state index is 0.0630. The van der Waals surface area contributed by atoms with E-state index < -0.39 is 24.6 Å². The normalized spacial score (nSPS) is 22.8. The van der Waals surface area contributed by atoms with E-state index in [1.807, 2.05) is 32.6 Å². The van der Waals surface area contributed by atoms with E-state index in [9.17, 15) is 24.4 Å². The Morgan fingerprint density at radius 3 is 2.53 bits per heavy atom. The van der Waals surface area contributed by atoms with E-state index >= 15 is 0 Å². The maximum Gasteiger partial charge on any atom is 0.470 e. The molecule has 1 amide bonds. The SMILES string of the molecule is CC(C)(CCOC(C)(C)[C@@H]1[C@@H](N2CCCC2=O)c2cc(C#N)ccc2OC1(C)C)OP(=O)(O)O. The second kappa shape index (κ2) is 9.25. The highest BCUT2D eigenvalue weighted by Gasteiger charge is 2.55. The van der Waals surface area contributed by atoms with E-state index in [4.69, 9.17) is 14.0 Å². The van der Waals surface area contributed by atoms with Crippen molar-refractivity contribution in [2.45, 2.75) is 83.6 Å². The third kappa shape index (κ3) is 5.81. The van der Waals surface area contributed by atoms with Crippen LogP contribution in [-0.4, -0.2) is 50.5 Å². The molecular formula is C24H35N2O7P. The Balaban J connectivity index is 1.95. The summed E-state index contributed by atoms with van der Waals surface area (Å²) in [5.74, 6) is 0.416. The molecule has 0 aliphatic carbocycles. The van der Waals surface area contributed by atoms with Crippen molar-refractivity contribution >= 4 is 13.7 Å². The van der Waals surface area contributed by atoms with Crippen LogP contribution in [-0.2, 0) is 18.6 Å². The van der Waals surface area contributed by atoms with Crippen molar-refractivity contribution in [1.82, 2.24) is 4.90 Å². The molecule has 2 heterocycles. The summed E-state index contributed by atoms with van der Waals surface area (Å²) >= 11 is 0. The predicted molar refractivity (Wildman–Crippen MR) is 125 cm³/mol. The molecule has 10 heteroatoms. The number of nitrogens with zero attached hydrogens (tertiary/aromatic N) is 2. The summed E-state index contributed by atoms with van der Waals surface area (Å²) in [6.07, 6.45) is 1.50. The lowest BCUT2D eigenvalue weighted by molar-refractivity contribution is -0.165. The molecule has 188 valence electrons. The van der Waals surface area contributed by atoms with Crippen LogP contribution in [0.5, 0.6) is 5.75 Å². The zero-order valence-corrected chi connectivity index (χ0v) is 21.6. The van der Waals surface area contributed by atoms with E-state index in [1.165, 1.54) is 0 Å². The van der Waals surface area contributed by atoms with Gasteiger partial charge < -0.3 is 24.2 Å². The lowest BCUT2D eigenvalue weighted by atomic mass is 9.69. The molecule has 0 radical (unpaired) electrons. The molecule has 1 aromatic carbocycles. The van der Waals surface area contributed by atoms with Crippen molar-refractivity contribution in [1.29, 1.82) is 5.26 Å². The van der Waals surface area contributed by atoms with Crippen LogP contribution in [0.25, 0.3) is 0 Å². The second-order valence-electron chi connectivity index (χ2n) is 10.7. The van der Waals surface area contributed by atoms with E-state index in [-0.39, 0.29) is 30.9 Å². The molecule has 2 aliphatic rings. The predicted octanol–water partition coefficient (Wildman–Crippen LogP) is 4.08. The third-order valence-electron chi connectivity index (χ3n) is 6.63. The first-order valence-corrected chi connectivity index (χ1v) is 13.0. The third-order valence-corrected chi connectivity index (χ3v) is 7.37. The zero-order chi connectivity index (χ0) is 25.5. The van der Waals surface area contributed by atoms with Crippen molar-refractivity contribution in [3.63, 3.8) is 0 Å². The number of phosphoric acid groups is 1. The van der Waals surface area contributed by atoms with Crippen molar-refractivity contribution in [2.24, 2.45) is 5.92 Å². The number of nitriles is 1. The molecule has 2 atom stereocenters. The standard InChI is InChI=1S/C24H35N2O7P/c1-22(2,33-34(28,29)30)11-13-31-23(3,4)21-20(26-12-7-8-19(26)27)17-14-16(15-25)9-10-18(17)32-24(21,5)6/h9-10,14,20-21H,7-8,11-13H2,1-6H3,(H2,28,29,30)/t20-,21-/m0/s1. The molecule has 34 heavy (non-hydrogen) atoms. The molecule has 1 aromatic rings. The number of hydrogen-bond acceptors (Lipinski definition) is 6. The van der Waals surface area contributed by atoms with Gasteiger partial charge >= 0.3 is 7.82 Å². The molecule has 0 spiro atoms. The Morgan fingerprint density at radius 2 is 1.97 bits per heavy atom. The molecule has 2 N–H and O–H groups in total. The van der Waals surface area contributed by atoms with Gasteiger partial charge in [-0.3, -0.25) is 9.32 Å². The topological polar surface area (TPSA) is 129 Å². The monoisotopic (exact) mass is 494 g/mol. The van der Waals surface area contributed by atoms with Gasteiger partial charge in [-0.2, -0.15) is 5.26 Å². The average Bonchev–Trinajstić information content (AvgIpc) is 3.09. The van der Waals surface area contributed by atoms with Gasteiger partial charge in [-0.05, 0) is 72.6 Å². The van der Waals surface area contributed by atoms with Crippen LogP contribution >= 0.6 is 7.82 Å². The number of amides is 1. The minimum atomic E-state index is -4.64. The van der Waals surface area contributed by atoms with Crippen LogP contribution in [0.3, 0.4) is 0 Å². The molecule has 9 nitrogen and oxygen atoms in total. The number of benzene rings is 1. The van der Waals surface area contributed by atoms with Gasteiger partial charge in [-0.15, -0.1) is 0 Å². The smallest absolute Gasteiger partial charge is 0.470 e. The molecular weight excluding hydrogens is 459 g/mol. The van der Waals surface area contributed by atoms with Gasteiger partial charge in [-0.1, -0.05) is 0 Å². The fourth-order valence-electron chi connectivity index (χ4n) is 5.39. The van der Waals surface area contributed by atoms with Crippen LogP contribution in [0, 0.1) is 17.2 Å². The summed E-state index contributed by atoms with van der Waals surface area (Å²) in [5.41, 5.74) is -1.31. The van der Waals surface area contributed by atoms with E-state index in [2.05, 4.69) is 6.07 Å². The molecule has 1 fully saturated rings. The van der Waals surface area contributed by atoms with Gasteiger partial charge in [0.05, 0.1) is 41.4 Å². The highest BCUT2D eigenvalue weighted by molar-refractivity contribution is 7.46. The van der Waals surface area contributed by atoms with Gasteiger partial charge in [0, 0.05) is 18.5 Å². The summed E-state index contributed by atoms with van der Waals surface area (Å²) in [7, 11) is -4.64. The Morgan fingerprint density at radius 1 is 1.29 bits per heavy atom. The molecule has 0 aromatic heterocycles. The maximum absolute atomic E-state index is 12.9. The summed E-state index contributed by atoms with van der Waals surface area (Å²) in [6.45, 7) is 11.8. The first kappa shape index (κ1) is 26.7. The van der Waals surface area contributed by atoms with Crippen LogP contribution in [0.2, 0.25) is 0 Å². The van der Waals surface area contributed by atoms with E-state index in [0.29, 0.717) is 24.3 Å². The Hall–Kier alpha value is -1.95. The Kier molecular flexibility index (Phi) is 7.25. The summed E-state index contributed by atoms with van der Waals surface area (Å²) < 4.78 is 28.9. The number of hydrogen-bond donors (Lipinski definition) is 2. The molecule has 0 unspecified atom stereocenters. The molecule has 0 saturated carbocycles. The minimum Gasteiger partial charge on any atom is -0.487 e. The Bertz CT molecular complexity index is 1020. The number of likely N-dealkylation sites (tertiary alicyclic amines) is 1. The van der Waals surface area contributed by atoms with Crippen LogP contribution in [0.15, 0.2) is 18.2 Å². The highest BCUT2D eigenvalue weighted by Crippen LogP contribution is 2.53. The molecule has 0 bridgehead atoms. The molecule has 3 rings (SSSR count). The van der Waals surface area contributed by atoms with Gasteiger partial charge in [0.1, 0.15) is 11.4 Å². The number of carbonyl (C=O) groups excluding carboxylic acids is 1. The lowest BCUT2D eigenvalue weighted by Gasteiger charge is -2.53. The van der Waals surface area contributed by atoms with Crippen molar-refractivity contribution in [3.8, 4) is 11.8 Å². The summed E-state index contributed by atoms with van der Waals surface area (Å²) in [6, 6.07) is 7.12. The van der Waals surface area contributed by atoms with Crippen LogP contribution < -0.4 is 4.74 Å². The van der Waals surface area contributed by atoms with Gasteiger partial charge in [0.2, 0.25) is 5.91 Å². The highest BCUT2D eigenvalue weighted by atomic mass is 31.2. The number of rotatable bonds is 8. The second-order valence-corrected chi connectivity index (χ2v) is 11.9. The molecule has 1 saturated heterocycles. The van der Waals surface area contributed by atoms with Crippen LogP contribution in [0.4, 0.5) is 0 Å². The maximum atomic E-state index is 12.9. The fraction of sp³-hybridized carbons (Fsp3) is 0.667. The Labute approximate surface area is 201 Å². The van der Waals surface area contributed by atoms with Crippen molar-refractivity contribution < 1.29 is 33.1 Å². The number of ether oxygens (including phenoxy) is 2. The first-order chi connectivity index (χ1) is 15.6. The lowest BCUT2D eigenvalue weighted by Crippen LogP contribution is -2.59. The zero-order valence-electron chi connectivity index (χ0n) is 20.7. The van der Waals surface area contributed by atoms with Crippen molar-refractivity contribution in [2.75, 3.05) is 13.2 Å². The first-order valence-electron chi connectivity index (χ1n) is 11.5. The largest absolute Gasteiger partial charge is 0.487 e.